The lowest BCUT2D eigenvalue weighted by atomic mass is 10.0. The second-order valence-corrected chi connectivity index (χ2v) is 2.35. The monoisotopic (exact) mass is 130 g/mol. The van der Waals surface area contributed by atoms with Gasteiger partial charge in [0, 0.05) is 11.3 Å². The van der Waals surface area contributed by atoms with E-state index in [1.807, 2.05) is 27.7 Å². The number of nitrogens with one attached hydrogen (secondary N) is 1. The fourth-order valence-electron chi connectivity index (χ4n) is 0. The van der Waals surface area contributed by atoms with E-state index in [9.17, 15) is 0 Å². The Balaban J connectivity index is 0. The zero-order valence-corrected chi connectivity index (χ0v) is 7.08. The van der Waals surface area contributed by atoms with Crippen LogP contribution in [-0.2, 0) is 0 Å². The molecule has 56 valence electrons. The predicted molar refractivity (Wildman–Crippen MR) is 43.0 cm³/mol. The van der Waals surface area contributed by atoms with Crippen LogP contribution >= 0.6 is 0 Å². The van der Waals surface area contributed by atoms with Gasteiger partial charge >= 0.3 is 0 Å². The molecule has 0 saturated heterocycles. The Morgan fingerprint density at radius 2 is 1.44 bits per heavy atom. The molecule has 0 aliphatic rings. The molecule has 2 heteroatoms. The maximum absolute atomic E-state index is 7.02. The molecule has 0 aromatic carbocycles. The lowest BCUT2D eigenvalue weighted by Crippen LogP contribution is -2.39. The van der Waals surface area contributed by atoms with Gasteiger partial charge in [0.15, 0.2) is 0 Å². The van der Waals surface area contributed by atoms with Crippen LogP contribution in [0, 0.1) is 5.41 Å². The molecule has 0 heterocycles. The van der Waals surface area contributed by atoms with Gasteiger partial charge in [-0.3, -0.25) is 0 Å². The van der Waals surface area contributed by atoms with Gasteiger partial charge in [-0.05, 0) is 20.8 Å². The summed E-state index contributed by atoms with van der Waals surface area (Å²) in [6.07, 6.45) is 0. The highest BCUT2D eigenvalue weighted by Crippen LogP contribution is 1.95. The summed E-state index contributed by atoms with van der Waals surface area (Å²) in [7, 11) is 0. The van der Waals surface area contributed by atoms with Crippen LogP contribution in [0.2, 0.25) is 0 Å². The van der Waals surface area contributed by atoms with Gasteiger partial charge in [-0.15, -0.1) is 0 Å². The van der Waals surface area contributed by atoms with Gasteiger partial charge in [0.2, 0.25) is 0 Å². The van der Waals surface area contributed by atoms with E-state index in [1.54, 1.807) is 6.92 Å². The average Bonchev–Trinajstić information content (AvgIpc) is 1.69. The van der Waals surface area contributed by atoms with Gasteiger partial charge in [-0.2, -0.15) is 0 Å². The molecule has 9 heavy (non-hydrogen) atoms. The predicted octanol–water partition coefficient (Wildman–Crippen LogP) is 1.79. The molecule has 0 spiro atoms. The quantitative estimate of drug-likeness (QED) is 0.522. The van der Waals surface area contributed by atoms with Crippen molar-refractivity contribution in [1.82, 2.24) is 0 Å². The minimum absolute atomic E-state index is 0.417. The third kappa shape index (κ3) is 7.63. The topological polar surface area (TPSA) is 49.9 Å². The van der Waals surface area contributed by atoms with Crippen LogP contribution in [0.25, 0.3) is 0 Å². The van der Waals surface area contributed by atoms with Crippen molar-refractivity contribution in [3.63, 3.8) is 0 Å². The molecule has 0 saturated carbocycles. The van der Waals surface area contributed by atoms with Crippen molar-refractivity contribution in [2.24, 2.45) is 5.73 Å². The minimum Gasteiger partial charge on any atom is -0.321 e. The standard InChI is InChI=1S/C5H12N2.C2H6/c1-4(6)5(2,3)7;1-2/h6H,7H2,1-3H3;1-2H3. The van der Waals surface area contributed by atoms with Gasteiger partial charge in [0.25, 0.3) is 0 Å². The Morgan fingerprint density at radius 1 is 1.33 bits per heavy atom. The Hall–Kier alpha value is -0.370. The van der Waals surface area contributed by atoms with Crippen molar-refractivity contribution in [2.45, 2.75) is 40.2 Å². The molecular weight excluding hydrogens is 112 g/mol. The van der Waals surface area contributed by atoms with E-state index in [0.29, 0.717) is 5.71 Å². The second-order valence-electron chi connectivity index (χ2n) is 2.35. The summed E-state index contributed by atoms with van der Waals surface area (Å²) in [6, 6.07) is 0. The number of hydrogen-bond acceptors (Lipinski definition) is 2. The van der Waals surface area contributed by atoms with Gasteiger partial charge in [0.1, 0.15) is 0 Å². The molecule has 0 bridgehead atoms. The first-order valence-corrected chi connectivity index (χ1v) is 3.29. The molecule has 2 nitrogen and oxygen atoms in total. The zero-order chi connectivity index (χ0) is 8.08. The fourth-order valence-corrected chi connectivity index (χ4v) is 0. The van der Waals surface area contributed by atoms with E-state index in [4.69, 9.17) is 11.1 Å². The van der Waals surface area contributed by atoms with E-state index in [2.05, 4.69) is 0 Å². The number of hydrogen-bond donors (Lipinski definition) is 2. The average molecular weight is 130 g/mol. The van der Waals surface area contributed by atoms with Crippen molar-refractivity contribution in [3.8, 4) is 0 Å². The van der Waals surface area contributed by atoms with Crippen LogP contribution in [0.4, 0.5) is 0 Å². The highest BCUT2D eigenvalue weighted by atomic mass is 14.7. The van der Waals surface area contributed by atoms with E-state index in [-0.39, 0.29) is 0 Å². The van der Waals surface area contributed by atoms with Gasteiger partial charge in [0.05, 0.1) is 0 Å². The molecule has 0 aromatic rings. The van der Waals surface area contributed by atoms with Gasteiger partial charge in [-0.1, -0.05) is 13.8 Å². The first-order valence-electron chi connectivity index (χ1n) is 3.29. The normalized spacial score (nSPS) is 9.56. The molecule has 0 aliphatic carbocycles. The summed E-state index contributed by atoms with van der Waals surface area (Å²) in [4.78, 5) is 0. The van der Waals surface area contributed by atoms with E-state index in [0.717, 1.165) is 0 Å². The maximum atomic E-state index is 7.02. The molecule has 0 aliphatic heterocycles. The summed E-state index contributed by atoms with van der Waals surface area (Å²) in [5, 5.41) is 7.02. The van der Waals surface area contributed by atoms with Crippen molar-refractivity contribution in [3.05, 3.63) is 0 Å². The maximum Gasteiger partial charge on any atom is 0.0476 e. The lowest BCUT2D eigenvalue weighted by molar-refractivity contribution is 0.690. The molecular formula is C7H18N2. The highest BCUT2D eigenvalue weighted by molar-refractivity contribution is 5.87. The van der Waals surface area contributed by atoms with Gasteiger partial charge < -0.3 is 11.1 Å². The summed E-state index contributed by atoms with van der Waals surface area (Å²) >= 11 is 0. The van der Waals surface area contributed by atoms with Crippen molar-refractivity contribution >= 4 is 5.71 Å². The minimum atomic E-state index is -0.417. The van der Waals surface area contributed by atoms with Crippen molar-refractivity contribution in [2.75, 3.05) is 0 Å². The number of nitrogens with two attached hydrogens (primary N) is 1. The van der Waals surface area contributed by atoms with Crippen LogP contribution < -0.4 is 5.73 Å². The summed E-state index contributed by atoms with van der Waals surface area (Å²) in [6.45, 7) is 9.34. The molecule has 3 N–H and O–H groups in total. The molecule has 0 amide bonds. The van der Waals surface area contributed by atoms with Crippen LogP contribution in [-0.4, -0.2) is 11.3 Å². The third-order valence-electron chi connectivity index (χ3n) is 0.967. The van der Waals surface area contributed by atoms with Crippen molar-refractivity contribution in [1.29, 1.82) is 5.41 Å². The molecule has 0 aromatic heterocycles. The van der Waals surface area contributed by atoms with Crippen LogP contribution in [0.3, 0.4) is 0 Å². The summed E-state index contributed by atoms with van der Waals surface area (Å²) in [5.74, 6) is 0. The highest BCUT2D eigenvalue weighted by Gasteiger charge is 2.11. The van der Waals surface area contributed by atoms with E-state index >= 15 is 0 Å². The van der Waals surface area contributed by atoms with Gasteiger partial charge in [-0.25, -0.2) is 0 Å². The van der Waals surface area contributed by atoms with Crippen molar-refractivity contribution < 1.29 is 0 Å². The first-order chi connectivity index (χ1) is 3.94. The fraction of sp³-hybridized carbons (Fsp3) is 0.857. The first kappa shape index (κ1) is 11.4. The Kier molecular flexibility index (Phi) is 5.72. The van der Waals surface area contributed by atoms with Crippen LogP contribution in [0.1, 0.15) is 34.6 Å². The molecule has 0 fully saturated rings. The Morgan fingerprint density at radius 3 is 1.44 bits per heavy atom. The number of rotatable bonds is 1. The summed E-state index contributed by atoms with van der Waals surface area (Å²) < 4.78 is 0. The second kappa shape index (κ2) is 4.50. The van der Waals surface area contributed by atoms with E-state index in [1.165, 1.54) is 0 Å². The molecule has 0 radical (unpaired) electrons. The lowest BCUT2D eigenvalue weighted by Gasteiger charge is -2.15. The SMILES string of the molecule is CC.CC(=N)C(C)(C)N. The largest absolute Gasteiger partial charge is 0.321 e. The molecule has 0 atom stereocenters. The smallest absolute Gasteiger partial charge is 0.0476 e. The third-order valence-corrected chi connectivity index (χ3v) is 0.967. The van der Waals surface area contributed by atoms with E-state index < -0.39 is 5.54 Å². The summed E-state index contributed by atoms with van der Waals surface area (Å²) in [5.41, 5.74) is 5.56. The van der Waals surface area contributed by atoms with Crippen LogP contribution in [0.15, 0.2) is 0 Å². The Bertz CT molecular complexity index is 79.4. The van der Waals surface area contributed by atoms with Crippen LogP contribution in [0.5, 0.6) is 0 Å². The molecule has 0 unspecified atom stereocenters. The Labute approximate surface area is 58.0 Å². The molecule has 0 rings (SSSR count). The zero-order valence-electron chi connectivity index (χ0n) is 7.08.